The molecule has 3 aromatic rings. The van der Waals surface area contributed by atoms with Crippen molar-refractivity contribution >= 4 is 28.3 Å². The van der Waals surface area contributed by atoms with Gasteiger partial charge in [0.15, 0.2) is 0 Å². The molecule has 0 fully saturated rings. The lowest BCUT2D eigenvalue weighted by Gasteiger charge is -2.07. The van der Waals surface area contributed by atoms with E-state index in [1.807, 2.05) is 0 Å². The van der Waals surface area contributed by atoms with Crippen LogP contribution in [-0.2, 0) is 17.0 Å². The molecule has 0 bridgehead atoms. The van der Waals surface area contributed by atoms with Crippen LogP contribution < -0.4 is 5.73 Å². The summed E-state index contributed by atoms with van der Waals surface area (Å²) in [6.07, 6.45) is -5.00. The molecule has 2 aromatic heterocycles. The SMILES string of the molecule is CCS(=O)c1cc(N=CC=C(N)C(F)(F)F)ccc1-c1cn2ccc(C(F)(F)F)cc2n1. The van der Waals surface area contributed by atoms with Crippen molar-refractivity contribution in [2.24, 2.45) is 10.7 Å². The highest BCUT2D eigenvalue weighted by molar-refractivity contribution is 7.85. The van der Waals surface area contributed by atoms with Gasteiger partial charge in [-0.15, -0.1) is 0 Å². The summed E-state index contributed by atoms with van der Waals surface area (Å²) >= 11 is 0. The summed E-state index contributed by atoms with van der Waals surface area (Å²) in [6.45, 7) is 1.67. The van der Waals surface area contributed by atoms with Crippen LogP contribution >= 0.6 is 0 Å². The van der Waals surface area contributed by atoms with Crippen LogP contribution in [0, 0.1) is 0 Å². The molecule has 0 amide bonds. The number of benzene rings is 1. The van der Waals surface area contributed by atoms with E-state index in [-0.39, 0.29) is 22.8 Å². The zero-order valence-electron chi connectivity index (χ0n) is 16.4. The minimum Gasteiger partial charge on any atom is -0.395 e. The fourth-order valence-electron chi connectivity index (χ4n) is 2.73. The van der Waals surface area contributed by atoms with Gasteiger partial charge in [0.05, 0.1) is 32.6 Å². The van der Waals surface area contributed by atoms with Gasteiger partial charge >= 0.3 is 12.4 Å². The maximum absolute atomic E-state index is 13.0. The van der Waals surface area contributed by atoms with Gasteiger partial charge in [-0.05, 0) is 36.4 Å². The van der Waals surface area contributed by atoms with Gasteiger partial charge in [0.25, 0.3) is 0 Å². The monoisotopic (exact) mass is 474 g/mol. The zero-order valence-corrected chi connectivity index (χ0v) is 17.2. The molecule has 3 rings (SSSR count). The van der Waals surface area contributed by atoms with Crippen molar-refractivity contribution in [3.63, 3.8) is 0 Å². The molecule has 12 heteroatoms. The van der Waals surface area contributed by atoms with Crippen molar-refractivity contribution in [2.45, 2.75) is 24.2 Å². The summed E-state index contributed by atoms with van der Waals surface area (Å²) < 4.78 is 90.2. The van der Waals surface area contributed by atoms with Crippen LogP contribution in [0.3, 0.4) is 0 Å². The van der Waals surface area contributed by atoms with E-state index in [1.54, 1.807) is 6.92 Å². The number of hydrogen-bond acceptors (Lipinski definition) is 4. The number of imidazole rings is 1. The maximum atomic E-state index is 13.0. The molecule has 32 heavy (non-hydrogen) atoms. The third kappa shape index (κ3) is 5.18. The normalized spacial score (nSPS) is 14.4. The minimum absolute atomic E-state index is 0.0536. The molecule has 0 saturated heterocycles. The highest BCUT2D eigenvalue weighted by atomic mass is 32.2. The largest absolute Gasteiger partial charge is 0.430 e. The van der Waals surface area contributed by atoms with Gasteiger partial charge in [0.1, 0.15) is 11.3 Å². The van der Waals surface area contributed by atoms with E-state index in [2.05, 4.69) is 9.98 Å². The average molecular weight is 474 g/mol. The zero-order chi connectivity index (χ0) is 23.7. The molecular formula is C20H16F6N4OS. The third-order valence-electron chi connectivity index (χ3n) is 4.34. The summed E-state index contributed by atoms with van der Waals surface area (Å²) in [5, 5.41) is 0. The highest BCUT2D eigenvalue weighted by Gasteiger charge is 2.31. The molecule has 1 unspecified atom stereocenters. The van der Waals surface area contributed by atoms with Crippen molar-refractivity contribution < 1.29 is 30.6 Å². The number of halogens is 6. The lowest BCUT2D eigenvalue weighted by molar-refractivity contribution is -0.137. The number of nitrogens with two attached hydrogens (primary N) is 1. The maximum Gasteiger partial charge on any atom is 0.430 e. The molecule has 0 spiro atoms. The van der Waals surface area contributed by atoms with Gasteiger partial charge in [-0.3, -0.25) is 9.20 Å². The first-order valence-electron chi connectivity index (χ1n) is 9.06. The number of nitrogens with zero attached hydrogens (tertiary/aromatic N) is 3. The fourth-order valence-corrected chi connectivity index (χ4v) is 3.71. The summed E-state index contributed by atoms with van der Waals surface area (Å²) in [4.78, 5) is 8.40. The first-order valence-corrected chi connectivity index (χ1v) is 10.4. The molecule has 2 N–H and O–H groups in total. The van der Waals surface area contributed by atoms with E-state index in [4.69, 9.17) is 5.73 Å². The summed E-state index contributed by atoms with van der Waals surface area (Å²) in [5.41, 5.74) is 3.71. The quantitative estimate of drug-likeness (QED) is 0.405. The van der Waals surface area contributed by atoms with Gasteiger partial charge in [-0.2, -0.15) is 26.3 Å². The predicted molar refractivity (Wildman–Crippen MR) is 109 cm³/mol. The summed E-state index contributed by atoms with van der Waals surface area (Å²) in [5.74, 6) is 0.229. The number of pyridine rings is 1. The van der Waals surface area contributed by atoms with Crippen LogP contribution in [-0.4, -0.2) is 31.7 Å². The molecule has 0 aliphatic heterocycles. The summed E-state index contributed by atoms with van der Waals surface area (Å²) in [7, 11) is -1.50. The molecule has 0 radical (unpaired) electrons. The molecule has 0 saturated carbocycles. The molecule has 170 valence electrons. The minimum atomic E-state index is -4.68. The number of alkyl halides is 6. The standard InChI is InChI=1S/C20H16F6N4OS/c1-2-32(31)16-10-13(28-7-5-17(27)20(24,25)26)3-4-14(16)15-11-30-8-6-12(19(21,22)23)9-18(30)29-15/h3-11H,2,27H2,1H3. The first kappa shape index (κ1) is 23.5. The molecular weight excluding hydrogens is 458 g/mol. The van der Waals surface area contributed by atoms with Crippen LogP contribution in [0.15, 0.2) is 64.4 Å². The summed E-state index contributed by atoms with van der Waals surface area (Å²) in [6, 6.07) is 6.22. The number of aromatic nitrogens is 2. The van der Waals surface area contributed by atoms with E-state index in [0.29, 0.717) is 16.5 Å². The number of hydrogen-bond donors (Lipinski definition) is 1. The Balaban J connectivity index is 2.02. The average Bonchev–Trinajstić information content (AvgIpc) is 3.14. The van der Waals surface area contributed by atoms with Crippen molar-refractivity contribution in [1.82, 2.24) is 9.38 Å². The predicted octanol–water partition coefficient (Wildman–Crippen LogP) is 5.25. The van der Waals surface area contributed by atoms with Gasteiger partial charge in [-0.1, -0.05) is 6.92 Å². The Bertz CT molecular complexity index is 1230. The van der Waals surface area contributed by atoms with Crippen LogP contribution in [0.1, 0.15) is 12.5 Å². The van der Waals surface area contributed by atoms with Crippen molar-refractivity contribution in [1.29, 1.82) is 0 Å². The Morgan fingerprint density at radius 2 is 1.91 bits per heavy atom. The lowest BCUT2D eigenvalue weighted by Crippen LogP contribution is -2.19. The molecule has 5 nitrogen and oxygen atoms in total. The van der Waals surface area contributed by atoms with Crippen LogP contribution in [0.25, 0.3) is 16.9 Å². The van der Waals surface area contributed by atoms with E-state index in [9.17, 15) is 30.6 Å². The van der Waals surface area contributed by atoms with Crippen LogP contribution in [0.4, 0.5) is 32.0 Å². The Labute approximate surface area is 180 Å². The van der Waals surface area contributed by atoms with E-state index >= 15 is 0 Å². The first-order chi connectivity index (χ1) is 14.9. The topological polar surface area (TPSA) is 72.8 Å². The van der Waals surface area contributed by atoms with Crippen LogP contribution in [0.2, 0.25) is 0 Å². The lowest BCUT2D eigenvalue weighted by atomic mass is 10.1. The van der Waals surface area contributed by atoms with E-state index in [1.165, 1.54) is 35.0 Å². The highest BCUT2D eigenvalue weighted by Crippen LogP contribution is 2.33. The third-order valence-corrected chi connectivity index (χ3v) is 5.69. The second kappa shape index (κ2) is 8.77. The molecule has 0 aliphatic rings. The number of rotatable bonds is 5. The molecule has 1 atom stereocenters. The smallest absolute Gasteiger partial charge is 0.395 e. The molecule has 2 heterocycles. The van der Waals surface area contributed by atoms with E-state index in [0.717, 1.165) is 18.3 Å². The molecule has 1 aromatic carbocycles. The van der Waals surface area contributed by atoms with Gasteiger partial charge < -0.3 is 10.1 Å². The fraction of sp³-hybridized carbons (Fsp3) is 0.200. The van der Waals surface area contributed by atoms with Crippen molar-refractivity contribution in [3.8, 4) is 11.3 Å². The van der Waals surface area contributed by atoms with Gasteiger partial charge in [-0.25, -0.2) is 4.98 Å². The number of fused-ring (bicyclic) bond motifs is 1. The number of aliphatic imine (C=N–C) groups is 1. The number of allylic oxidation sites excluding steroid dienone is 2. The second-order valence-electron chi connectivity index (χ2n) is 6.52. The van der Waals surface area contributed by atoms with Crippen LogP contribution in [0.5, 0.6) is 0 Å². The second-order valence-corrected chi connectivity index (χ2v) is 8.23. The van der Waals surface area contributed by atoms with Gasteiger partial charge in [0, 0.05) is 29.9 Å². The molecule has 0 aliphatic carbocycles. The van der Waals surface area contributed by atoms with Gasteiger partial charge in [0.2, 0.25) is 0 Å². The Morgan fingerprint density at radius 1 is 1.19 bits per heavy atom. The Morgan fingerprint density at radius 3 is 2.53 bits per heavy atom. The van der Waals surface area contributed by atoms with Crippen molar-refractivity contribution in [3.05, 3.63) is 60.1 Å². The Hall–Kier alpha value is -3.15. The van der Waals surface area contributed by atoms with E-state index < -0.39 is 34.4 Å². The van der Waals surface area contributed by atoms with Crippen molar-refractivity contribution in [2.75, 3.05) is 5.75 Å². The Kier molecular flexibility index (Phi) is 6.44.